The van der Waals surface area contributed by atoms with Crippen LogP contribution in [0.5, 0.6) is 5.75 Å². The Morgan fingerprint density at radius 3 is 2.39 bits per heavy atom. The second-order valence-electron chi connectivity index (χ2n) is 7.52. The number of fused-ring (bicyclic) bond motifs is 1. The summed E-state index contributed by atoms with van der Waals surface area (Å²) in [6, 6.07) is 20.5. The third kappa shape index (κ3) is 5.13. The molecule has 0 aliphatic heterocycles. The number of hydrogen-bond donors (Lipinski definition) is 1. The van der Waals surface area contributed by atoms with Crippen LogP contribution in [0.15, 0.2) is 83.3 Å². The van der Waals surface area contributed by atoms with Crippen molar-refractivity contribution < 1.29 is 27.1 Å². The number of anilines is 1. The van der Waals surface area contributed by atoms with Crippen molar-refractivity contribution in [2.24, 2.45) is 0 Å². The summed E-state index contributed by atoms with van der Waals surface area (Å²) in [4.78, 5) is 17.8. The molecule has 0 saturated carbocycles. The van der Waals surface area contributed by atoms with Gasteiger partial charge in [0.05, 0.1) is 16.8 Å². The van der Waals surface area contributed by atoms with E-state index in [0.29, 0.717) is 27.4 Å². The fourth-order valence-corrected chi connectivity index (χ4v) is 3.62. The maximum Gasteiger partial charge on any atom is 0.573 e. The number of alkyl halides is 3. The monoisotopic (exact) mass is 510 g/mol. The first-order valence-electron chi connectivity index (χ1n) is 10.4. The lowest BCUT2D eigenvalue weighted by molar-refractivity contribution is -0.274. The molecule has 3 aromatic carbocycles. The number of pyridine rings is 1. The van der Waals surface area contributed by atoms with Crippen LogP contribution in [0.4, 0.5) is 19.2 Å². The standard InChI is InChI=1S/C25H14ClF3N4O3/c26-16-8-6-15(7-9-16)23-32-33-24(35-23)31-22(34)19-13-21(14-4-2-1-3-5-14)30-20-11-10-17(12-18(19)20)36-25(27,28)29/h1-13H,(H,31,33,34). The average molecular weight is 511 g/mol. The van der Waals surface area contributed by atoms with Gasteiger partial charge < -0.3 is 9.15 Å². The SMILES string of the molecule is O=C(Nc1nnc(-c2ccc(Cl)cc2)o1)c1cc(-c2ccccc2)nc2ccc(OC(F)(F)F)cc12. The minimum Gasteiger partial charge on any atom is -0.406 e. The number of ether oxygens (including phenoxy) is 1. The van der Waals surface area contributed by atoms with E-state index < -0.39 is 18.0 Å². The minimum atomic E-state index is -4.89. The van der Waals surface area contributed by atoms with E-state index in [2.05, 4.69) is 25.2 Å². The smallest absolute Gasteiger partial charge is 0.406 e. The van der Waals surface area contributed by atoms with E-state index in [0.717, 1.165) is 12.1 Å². The summed E-state index contributed by atoms with van der Waals surface area (Å²) in [5.41, 5.74) is 2.08. The van der Waals surface area contributed by atoms with E-state index >= 15 is 0 Å². The van der Waals surface area contributed by atoms with Gasteiger partial charge in [-0.15, -0.1) is 18.3 Å². The van der Waals surface area contributed by atoms with E-state index in [-0.39, 0.29) is 22.9 Å². The summed E-state index contributed by atoms with van der Waals surface area (Å²) in [5, 5.41) is 10.9. The average Bonchev–Trinajstić information content (AvgIpc) is 3.31. The van der Waals surface area contributed by atoms with Gasteiger partial charge in [0.2, 0.25) is 5.89 Å². The molecule has 0 aliphatic rings. The number of carbonyl (C=O) groups excluding carboxylic acids is 1. The second kappa shape index (κ2) is 9.31. The Morgan fingerprint density at radius 2 is 1.67 bits per heavy atom. The van der Waals surface area contributed by atoms with Gasteiger partial charge in [0.25, 0.3) is 5.91 Å². The van der Waals surface area contributed by atoms with Gasteiger partial charge in [0.1, 0.15) is 5.75 Å². The predicted octanol–water partition coefficient (Wildman–Crippen LogP) is 6.76. The Balaban J connectivity index is 1.53. The van der Waals surface area contributed by atoms with Crippen molar-refractivity contribution in [3.63, 3.8) is 0 Å². The molecule has 0 unspecified atom stereocenters. The summed E-state index contributed by atoms with van der Waals surface area (Å²) < 4.78 is 47.9. The Labute approximate surface area is 206 Å². The molecule has 2 heterocycles. The highest BCUT2D eigenvalue weighted by Gasteiger charge is 2.31. The molecule has 11 heteroatoms. The fourth-order valence-electron chi connectivity index (χ4n) is 3.49. The Bertz CT molecular complexity index is 1560. The molecule has 0 spiro atoms. The molecule has 0 atom stereocenters. The largest absolute Gasteiger partial charge is 0.573 e. The molecular weight excluding hydrogens is 497 g/mol. The number of halogens is 4. The zero-order chi connectivity index (χ0) is 25.3. The van der Waals surface area contributed by atoms with E-state index in [9.17, 15) is 18.0 Å². The van der Waals surface area contributed by atoms with Crippen LogP contribution in [0.1, 0.15) is 10.4 Å². The molecule has 0 aliphatic carbocycles. The number of amides is 1. The number of aromatic nitrogens is 3. The maximum atomic E-state index is 13.3. The van der Waals surface area contributed by atoms with Crippen LogP contribution in [0.25, 0.3) is 33.6 Å². The summed E-state index contributed by atoms with van der Waals surface area (Å²) in [7, 11) is 0. The number of benzene rings is 3. The fraction of sp³-hybridized carbons (Fsp3) is 0.0400. The molecular formula is C25H14ClF3N4O3. The van der Waals surface area contributed by atoms with Crippen molar-refractivity contribution in [2.75, 3.05) is 5.32 Å². The van der Waals surface area contributed by atoms with Crippen LogP contribution in [-0.2, 0) is 0 Å². The van der Waals surface area contributed by atoms with Crippen LogP contribution in [-0.4, -0.2) is 27.5 Å². The topological polar surface area (TPSA) is 90.1 Å². The third-order valence-electron chi connectivity index (χ3n) is 5.06. The number of nitrogens with zero attached hydrogens (tertiary/aromatic N) is 3. The molecule has 7 nitrogen and oxygen atoms in total. The first-order valence-corrected chi connectivity index (χ1v) is 10.8. The van der Waals surface area contributed by atoms with Crippen molar-refractivity contribution in [3.05, 3.63) is 89.4 Å². The predicted molar refractivity (Wildman–Crippen MR) is 127 cm³/mol. The van der Waals surface area contributed by atoms with Crippen LogP contribution in [0.3, 0.4) is 0 Å². The molecule has 5 aromatic rings. The molecule has 1 N–H and O–H groups in total. The maximum absolute atomic E-state index is 13.3. The third-order valence-corrected chi connectivity index (χ3v) is 5.32. The van der Waals surface area contributed by atoms with Crippen LogP contribution < -0.4 is 10.1 Å². The zero-order valence-electron chi connectivity index (χ0n) is 18.1. The molecule has 0 radical (unpaired) electrons. The summed E-state index contributed by atoms with van der Waals surface area (Å²) >= 11 is 5.89. The van der Waals surface area contributed by atoms with E-state index in [4.69, 9.17) is 16.0 Å². The summed E-state index contributed by atoms with van der Waals surface area (Å²) in [5.74, 6) is -1.02. The van der Waals surface area contributed by atoms with Crippen molar-refractivity contribution in [1.29, 1.82) is 0 Å². The van der Waals surface area contributed by atoms with Gasteiger partial charge >= 0.3 is 12.4 Å². The highest BCUT2D eigenvalue weighted by Crippen LogP contribution is 2.31. The number of hydrogen-bond acceptors (Lipinski definition) is 6. The molecule has 0 saturated heterocycles. The lowest BCUT2D eigenvalue weighted by atomic mass is 10.0. The highest BCUT2D eigenvalue weighted by molar-refractivity contribution is 6.30. The molecule has 0 fully saturated rings. The van der Waals surface area contributed by atoms with E-state index in [1.54, 1.807) is 48.5 Å². The van der Waals surface area contributed by atoms with Gasteiger partial charge in [-0.1, -0.05) is 47.0 Å². The van der Waals surface area contributed by atoms with Crippen LogP contribution in [0.2, 0.25) is 5.02 Å². The van der Waals surface area contributed by atoms with Gasteiger partial charge in [-0.25, -0.2) is 4.98 Å². The molecule has 36 heavy (non-hydrogen) atoms. The van der Waals surface area contributed by atoms with Gasteiger partial charge in [-0.3, -0.25) is 10.1 Å². The van der Waals surface area contributed by atoms with Gasteiger partial charge in [-0.05, 0) is 48.5 Å². The van der Waals surface area contributed by atoms with Crippen LogP contribution in [0, 0.1) is 0 Å². The van der Waals surface area contributed by atoms with Gasteiger partial charge in [0, 0.05) is 21.5 Å². The molecule has 5 rings (SSSR count). The van der Waals surface area contributed by atoms with Gasteiger partial charge in [-0.2, -0.15) is 0 Å². The quantitative estimate of drug-likeness (QED) is 0.281. The van der Waals surface area contributed by atoms with E-state index in [1.165, 1.54) is 12.1 Å². The molecule has 2 aromatic heterocycles. The Morgan fingerprint density at radius 1 is 0.917 bits per heavy atom. The summed E-state index contributed by atoms with van der Waals surface area (Å²) in [6.45, 7) is 0. The first-order chi connectivity index (χ1) is 17.2. The van der Waals surface area contributed by atoms with E-state index in [1.807, 2.05) is 6.07 Å². The van der Waals surface area contributed by atoms with Gasteiger partial charge in [0.15, 0.2) is 0 Å². The summed E-state index contributed by atoms with van der Waals surface area (Å²) in [6.07, 6.45) is -4.89. The Kier molecular flexibility index (Phi) is 6.03. The van der Waals surface area contributed by atoms with Crippen molar-refractivity contribution in [2.45, 2.75) is 6.36 Å². The number of rotatable bonds is 5. The van der Waals surface area contributed by atoms with Crippen molar-refractivity contribution >= 4 is 34.4 Å². The minimum absolute atomic E-state index is 0.0396. The second-order valence-corrected chi connectivity index (χ2v) is 7.96. The molecule has 180 valence electrons. The Hall–Kier alpha value is -4.44. The number of nitrogens with one attached hydrogen (secondary N) is 1. The van der Waals surface area contributed by atoms with Crippen molar-refractivity contribution in [1.82, 2.24) is 15.2 Å². The molecule has 0 bridgehead atoms. The lowest BCUT2D eigenvalue weighted by Crippen LogP contribution is -2.17. The lowest BCUT2D eigenvalue weighted by Gasteiger charge is -2.12. The zero-order valence-corrected chi connectivity index (χ0v) is 18.8. The van der Waals surface area contributed by atoms with Crippen LogP contribution >= 0.6 is 11.6 Å². The highest BCUT2D eigenvalue weighted by atomic mass is 35.5. The number of carbonyl (C=O) groups is 1. The van der Waals surface area contributed by atoms with Crippen molar-refractivity contribution in [3.8, 4) is 28.5 Å². The molecule has 1 amide bonds. The first kappa shape index (κ1) is 23.3. The normalized spacial score (nSPS) is 11.4.